The topological polar surface area (TPSA) is 87.7 Å². The SMILES string of the molecule is CC(NC(=O)OCc1ccccc1)C(=O)NC(CO)Cc1ccccc1. The van der Waals surface area contributed by atoms with Crippen molar-refractivity contribution in [1.29, 1.82) is 0 Å². The fourth-order valence-corrected chi connectivity index (χ4v) is 2.39. The summed E-state index contributed by atoms with van der Waals surface area (Å²) in [6, 6.07) is 17.6. The highest BCUT2D eigenvalue weighted by atomic mass is 16.5. The average Bonchev–Trinajstić information content (AvgIpc) is 2.67. The maximum atomic E-state index is 12.2. The van der Waals surface area contributed by atoms with E-state index < -0.39 is 18.2 Å². The molecule has 2 rings (SSSR count). The van der Waals surface area contributed by atoms with E-state index in [1.54, 1.807) is 6.92 Å². The molecule has 0 saturated heterocycles. The van der Waals surface area contributed by atoms with Gasteiger partial charge in [0.1, 0.15) is 12.6 Å². The minimum absolute atomic E-state index is 0.133. The molecular weight excluding hydrogens is 332 g/mol. The Hall–Kier alpha value is -2.86. The Kier molecular flexibility index (Phi) is 7.64. The summed E-state index contributed by atoms with van der Waals surface area (Å²) in [4.78, 5) is 24.0. The van der Waals surface area contributed by atoms with Crippen LogP contribution in [0.5, 0.6) is 0 Å². The van der Waals surface area contributed by atoms with Gasteiger partial charge in [-0.25, -0.2) is 4.79 Å². The molecule has 3 N–H and O–H groups in total. The van der Waals surface area contributed by atoms with Crippen LogP contribution in [0, 0.1) is 0 Å². The summed E-state index contributed by atoms with van der Waals surface area (Å²) >= 11 is 0. The molecule has 2 aromatic rings. The molecule has 0 spiro atoms. The van der Waals surface area contributed by atoms with Gasteiger partial charge in [0.15, 0.2) is 0 Å². The quantitative estimate of drug-likeness (QED) is 0.675. The van der Waals surface area contributed by atoms with Gasteiger partial charge in [0.25, 0.3) is 0 Å². The zero-order valence-electron chi connectivity index (χ0n) is 14.7. The second-order valence-electron chi connectivity index (χ2n) is 6.01. The van der Waals surface area contributed by atoms with E-state index in [0.717, 1.165) is 11.1 Å². The van der Waals surface area contributed by atoms with Gasteiger partial charge in [0, 0.05) is 0 Å². The van der Waals surface area contributed by atoms with Crippen molar-refractivity contribution < 1.29 is 19.4 Å². The van der Waals surface area contributed by atoms with Crippen LogP contribution in [0.25, 0.3) is 0 Å². The minimum atomic E-state index is -0.775. The lowest BCUT2D eigenvalue weighted by Gasteiger charge is -2.20. The molecule has 0 heterocycles. The van der Waals surface area contributed by atoms with Crippen molar-refractivity contribution in [2.45, 2.75) is 32.0 Å². The Balaban J connectivity index is 1.77. The lowest BCUT2D eigenvalue weighted by atomic mass is 10.1. The number of carbonyl (C=O) groups is 2. The zero-order chi connectivity index (χ0) is 18.8. The van der Waals surface area contributed by atoms with E-state index in [4.69, 9.17) is 4.74 Å². The molecule has 0 aliphatic rings. The van der Waals surface area contributed by atoms with Crippen molar-refractivity contribution in [3.8, 4) is 0 Å². The van der Waals surface area contributed by atoms with Gasteiger partial charge in [-0.2, -0.15) is 0 Å². The summed E-state index contributed by atoms with van der Waals surface area (Å²) in [7, 11) is 0. The van der Waals surface area contributed by atoms with Crippen LogP contribution in [0.3, 0.4) is 0 Å². The monoisotopic (exact) mass is 356 g/mol. The number of rotatable bonds is 8. The van der Waals surface area contributed by atoms with Crippen LogP contribution in [0.4, 0.5) is 4.79 Å². The number of benzene rings is 2. The number of ether oxygens (including phenoxy) is 1. The predicted octanol–water partition coefficient (Wildman–Crippen LogP) is 2.02. The third-order valence-corrected chi connectivity index (χ3v) is 3.83. The highest BCUT2D eigenvalue weighted by Crippen LogP contribution is 2.04. The summed E-state index contributed by atoms with van der Waals surface area (Å²) in [5, 5.41) is 14.7. The van der Waals surface area contributed by atoms with E-state index in [2.05, 4.69) is 10.6 Å². The van der Waals surface area contributed by atoms with E-state index in [1.165, 1.54) is 0 Å². The van der Waals surface area contributed by atoms with Gasteiger partial charge in [-0.05, 0) is 24.5 Å². The highest BCUT2D eigenvalue weighted by Gasteiger charge is 2.19. The Bertz CT molecular complexity index is 691. The van der Waals surface area contributed by atoms with Gasteiger partial charge < -0.3 is 20.5 Å². The average molecular weight is 356 g/mol. The van der Waals surface area contributed by atoms with E-state index in [1.807, 2.05) is 60.7 Å². The normalized spacial score (nSPS) is 12.7. The van der Waals surface area contributed by atoms with Gasteiger partial charge in [-0.1, -0.05) is 60.7 Å². The minimum Gasteiger partial charge on any atom is -0.445 e. The van der Waals surface area contributed by atoms with Crippen LogP contribution in [0.1, 0.15) is 18.1 Å². The van der Waals surface area contributed by atoms with E-state index in [9.17, 15) is 14.7 Å². The zero-order valence-corrected chi connectivity index (χ0v) is 14.7. The first kappa shape index (κ1) is 19.5. The Labute approximate surface area is 153 Å². The third kappa shape index (κ3) is 6.57. The number of nitrogens with one attached hydrogen (secondary N) is 2. The summed E-state index contributed by atoms with van der Waals surface area (Å²) in [6.07, 6.45) is -0.158. The molecule has 0 bridgehead atoms. The first-order valence-electron chi connectivity index (χ1n) is 8.51. The molecule has 2 atom stereocenters. The molecule has 138 valence electrons. The van der Waals surface area contributed by atoms with Gasteiger partial charge in [0.05, 0.1) is 12.6 Å². The van der Waals surface area contributed by atoms with Crippen LogP contribution < -0.4 is 10.6 Å². The smallest absolute Gasteiger partial charge is 0.408 e. The first-order chi connectivity index (χ1) is 12.6. The largest absolute Gasteiger partial charge is 0.445 e. The van der Waals surface area contributed by atoms with Crippen LogP contribution in [0.2, 0.25) is 0 Å². The van der Waals surface area contributed by atoms with Crippen LogP contribution in [0.15, 0.2) is 60.7 Å². The summed E-state index contributed by atoms with van der Waals surface area (Å²) < 4.78 is 5.10. The Morgan fingerprint density at radius 2 is 1.54 bits per heavy atom. The number of hydrogen-bond donors (Lipinski definition) is 3. The molecule has 2 aromatic carbocycles. The summed E-state index contributed by atoms with van der Waals surface area (Å²) in [5.74, 6) is -0.378. The number of alkyl carbamates (subject to hydrolysis) is 1. The van der Waals surface area contributed by atoms with Crippen molar-refractivity contribution in [1.82, 2.24) is 10.6 Å². The molecule has 6 heteroatoms. The van der Waals surface area contributed by atoms with Crippen LogP contribution >= 0.6 is 0 Å². The lowest BCUT2D eigenvalue weighted by molar-refractivity contribution is -0.123. The van der Waals surface area contributed by atoms with Gasteiger partial charge in [-0.3, -0.25) is 4.79 Å². The van der Waals surface area contributed by atoms with Crippen LogP contribution in [-0.2, 0) is 22.6 Å². The summed E-state index contributed by atoms with van der Waals surface area (Å²) in [5.41, 5.74) is 1.87. The standard InChI is InChI=1S/C20H24N2O4/c1-15(21-20(25)26-14-17-10-6-3-7-11-17)19(24)22-18(13-23)12-16-8-4-2-5-9-16/h2-11,15,18,23H,12-14H2,1H3,(H,21,25)(H,22,24). The predicted molar refractivity (Wildman–Crippen MR) is 98.4 cm³/mol. The molecule has 6 nitrogen and oxygen atoms in total. The molecule has 0 saturated carbocycles. The number of aliphatic hydroxyl groups is 1. The molecule has 2 amide bonds. The number of aliphatic hydroxyl groups excluding tert-OH is 1. The second-order valence-corrected chi connectivity index (χ2v) is 6.01. The lowest BCUT2D eigenvalue weighted by Crippen LogP contribution is -2.49. The van der Waals surface area contributed by atoms with Crippen molar-refractivity contribution in [2.75, 3.05) is 6.61 Å². The maximum Gasteiger partial charge on any atom is 0.408 e. The molecule has 0 fully saturated rings. The Morgan fingerprint density at radius 1 is 0.962 bits per heavy atom. The molecule has 0 aromatic heterocycles. The maximum absolute atomic E-state index is 12.2. The molecule has 26 heavy (non-hydrogen) atoms. The highest BCUT2D eigenvalue weighted by molar-refractivity contribution is 5.85. The second kappa shape index (κ2) is 10.2. The number of amides is 2. The number of hydrogen-bond acceptors (Lipinski definition) is 4. The molecule has 0 aliphatic heterocycles. The third-order valence-electron chi connectivity index (χ3n) is 3.83. The van der Waals surface area contributed by atoms with Gasteiger partial charge >= 0.3 is 6.09 Å². The van der Waals surface area contributed by atoms with Crippen molar-refractivity contribution >= 4 is 12.0 Å². The fraction of sp³-hybridized carbons (Fsp3) is 0.300. The van der Waals surface area contributed by atoms with E-state index in [0.29, 0.717) is 6.42 Å². The Morgan fingerprint density at radius 3 is 2.12 bits per heavy atom. The summed E-state index contributed by atoms with van der Waals surface area (Å²) in [6.45, 7) is 1.51. The molecular formula is C20H24N2O4. The molecule has 2 unspecified atom stereocenters. The number of carbonyl (C=O) groups excluding carboxylic acids is 2. The van der Waals surface area contributed by atoms with Crippen molar-refractivity contribution in [3.63, 3.8) is 0 Å². The molecule has 0 aliphatic carbocycles. The molecule has 0 radical (unpaired) electrons. The van der Waals surface area contributed by atoms with Crippen molar-refractivity contribution in [3.05, 3.63) is 71.8 Å². The van der Waals surface area contributed by atoms with E-state index >= 15 is 0 Å². The van der Waals surface area contributed by atoms with Gasteiger partial charge in [-0.15, -0.1) is 0 Å². The van der Waals surface area contributed by atoms with Crippen LogP contribution in [-0.4, -0.2) is 35.8 Å². The first-order valence-corrected chi connectivity index (χ1v) is 8.51. The van der Waals surface area contributed by atoms with Gasteiger partial charge in [0.2, 0.25) is 5.91 Å². The van der Waals surface area contributed by atoms with Crippen molar-refractivity contribution in [2.24, 2.45) is 0 Å². The van der Waals surface area contributed by atoms with E-state index in [-0.39, 0.29) is 19.1 Å². The fourth-order valence-electron chi connectivity index (χ4n) is 2.39.